The van der Waals surface area contributed by atoms with Crippen LogP contribution in [-0.2, 0) is 20.1 Å². The summed E-state index contributed by atoms with van der Waals surface area (Å²) in [5, 5.41) is 17.6. The molecule has 0 saturated heterocycles. The summed E-state index contributed by atoms with van der Waals surface area (Å²) in [6.07, 6.45) is 1.88. The molecule has 26 heavy (non-hydrogen) atoms. The van der Waals surface area contributed by atoms with Gasteiger partial charge >= 0.3 is 11.9 Å². The Kier molecular flexibility index (Phi) is 11.9. The average molecular weight is 399 g/mol. The summed E-state index contributed by atoms with van der Waals surface area (Å²) < 4.78 is 5.56. The zero-order chi connectivity index (χ0) is 19.2. The summed E-state index contributed by atoms with van der Waals surface area (Å²) in [5.74, 6) is 0.373. The molecule has 0 amide bonds. The Balaban J connectivity index is 1.97. The number of ether oxygens (including phenoxy) is 1. The Morgan fingerprint density at radius 3 is 2.31 bits per heavy atom. The van der Waals surface area contributed by atoms with E-state index in [9.17, 15) is 9.59 Å². The van der Waals surface area contributed by atoms with Crippen LogP contribution in [0.2, 0.25) is 0 Å². The lowest BCUT2D eigenvalue weighted by Gasteiger charge is -2.09. The van der Waals surface area contributed by atoms with Crippen LogP contribution in [-0.4, -0.2) is 52.6 Å². The third kappa shape index (κ3) is 10.5. The second kappa shape index (κ2) is 13.7. The monoisotopic (exact) mass is 398 g/mol. The van der Waals surface area contributed by atoms with Crippen molar-refractivity contribution in [1.82, 2.24) is 0 Å². The van der Waals surface area contributed by atoms with E-state index in [0.29, 0.717) is 25.4 Å². The molecule has 0 saturated carbocycles. The fourth-order valence-electron chi connectivity index (χ4n) is 2.13. The normalized spacial score (nSPS) is 11.8. The maximum Gasteiger partial charge on any atom is 0.307 e. The van der Waals surface area contributed by atoms with Gasteiger partial charge in [0.25, 0.3) is 0 Å². The van der Waals surface area contributed by atoms with Gasteiger partial charge in [0, 0.05) is 17.3 Å². The number of carboxylic acid groups (broad SMARTS) is 2. The molecule has 144 valence electrons. The topological polar surface area (TPSA) is 83.8 Å². The number of aliphatic carboxylic acids is 2. The Labute approximate surface area is 163 Å². The van der Waals surface area contributed by atoms with Crippen LogP contribution in [0.3, 0.4) is 0 Å². The van der Waals surface area contributed by atoms with Crippen molar-refractivity contribution in [2.24, 2.45) is 5.92 Å². The molecule has 1 aromatic carbocycles. The summed E-state index contributed by atoms with van der Waals surface area (Å²) in [4.78, 5) is 21.5. The molecule has 0 aliphatic carbocycles. The van der Waals surface area contributed by atoms with Crippen LogP contribution in [0.15, 0.2) is 30.8 Å². The van der Waals surface area contributed by atoms with E-state index < -0.39 is 17.9 Å². The first-order valence-corrected chi connectivity index (χ1v) is 10.7. The van der Waals surface area contributed by atoms with Crippen molar-refractivity contribution >= 4 is 41.5 Å². The molecular formula is C19H26O5S2. The van der Waals surface area contributed by atoms with Gasteiger partial charge in [0.2, 0.25) is 0 Å². The van der Waals surface area contributed by atoms with Gasteiger partial charge in [-0.15, -0.1) is 0 Å². The molecule has 5 nitrogen and oxygen atoms in total. The van der Waals surface area contributed by atoms with Gasteiger partial charge in [-0.05, 0) is 23.3 Å². The lowest BCUT2D eigenvalue weighted by Crippen LogP contribution is -2.18. The van der Waals surface area contributed by atoms with E-state index in [1.54, 1.807) is 11.8 Å². The molecule has 0 radical (unpaired) electrons. The van der Waals surface area contributed by atoms with Crippen LogP contribution >= 0.6 is 23.5 Å². The second-order valence-corrected chi connectivity index (χ2v) is 7.97. The molecule has 1 rings (SSSR count). The molecule has 1 aromatic rings. The van der Waals surface area contributed by atoms with Gasteiger partial charge in [0.05, 0.1) is 25.6 Å². The highest BCUT2D eigenvalue weighted by Crippen LogP contribution is 2.15. The Bertz CT molecular complexity index is 560. The van der Waals surface area contributed by atoms with Crippen LogP contribution in [0.1, 0.15) is 24.0 Å². The van der Waals surface area contributed by atoms with E-state index in [-0.39, 0.29) is 6.42 Å². The van der Waals surface area contributed by atoms with E-state index in [0.717, 1.165) is 22.8 Å². The molecule has 1 atom stereocenters. The Morgan fingerprint density at radius 1 is 1.08 bits per heavy atom. The van der Waals surface area contributed by atoms with Gasteiger partial charge in [0.15, 0.2) is 0 Å². The van der Waals surface area contributed by atoms with Crippen molar-refractivity contribution in [3.05, 3.63) is 42.0 Å². The van der Waals surface area contributed by atoms with Crippen molar-refractivity contribution in [2.75, 3.05) is 30.5 Å². The highest BCUT2D eigenvalue weighted by molar-refractivity contribution is 7.99. The fourth-order valence-corrected chi connectivity index (χ4v) is 3.83. The van der Waals surface area contributed by atoms with Crippen molar-refractivity contribution in [3.63, 3.8) is 0 Å². The van der Waals surface area contributed by atoms with Crippen molar-refractivity contribution in [1.29, 1.82) is 0 Å². The van der Waals surface area contributed by atoms with E-state index in [2.05, 4.69) is 30.8 Å². The molecule has 0 aliphatic rings. The predicted octanol–water partition coefficient (Wildman–Crippen LogP) is 3.88. The molecule has 0 spiro atoms. The number of hydrogen-bond acceptors (Lipinski definition) is 5. The largest absolute Gasteiger partial charge is 0.481 e. The molecular weight excluding hydrogens is 372 g/mol. The highest BCUT2D eigenvalue weighted by Gasteiger charge is 2.20. The van der Waals surface area contributed by atoms with Crippen LogP contribution in [0.4, 0.5) is 0 Å². The summed E-state index contributed by atoms with van der Waals surface area (Å²) >= 11 is 3.42. The smallest absolute Gasteiger partial charge is 0.307 e. The van der Waals surface area contributed by atoms with Gasteiger partial charge < -0.3 is 14.9 Å². The number of carboxylic acids is 2. The maximum absolute atomic E-state index is 10.9. The average Bonchev–Trinajstić information content (AvgIpc) is 2.62. The standard InChI is InChI=1S/C19H26O5S2/c1-2-15-3-5-16(6-4-15)14-26-12-9-24-8-11-25-10-7-17(19(22)23)13-18(20)21/h2-6,17H,1,7-14H2,(H,20,21)(H,22,23). The third-order valence-electron chi connectivity index (χ3n) is 3.61. The van der Waals surface area contributed by atoms with Gasteiger partial charge in [-0.3, -0.25) is 9.59 Å². The van der Waals surface area contributed by atoms with Gasteiger partial charge in [0.1, 0.15) is 0 Å². The molecule has 1 unspecified atom stereocenters. The van der Waals surface area contributed by atoms with Crippen LogP contribution in [0.25, 0.3) is 6.08 Å². The first-order chi connectivity index (χ1) is 12.5. The van der Waals surface area contributed by atoms with Gasteiger partial charge in [-0.1, -0.05) is 36.9 Å². The maximum atomic E-state index is 10.9. The minimum atomic E-state index is -1.07. The van der Waals surface area contributed by atoms with Crippen LogP contribution in [0.5, 0.6) is 0 Å². The summed E-state index contributed by atoms with van der Waals surface area (Å²) in [5.41, 5.74) is 2.41. The van der Waals surface area contributed by atoms with Crippen molar-refractivity contribution < 1.29 is 24.5 Å². The zero-order valence-corrected chi connectivity index (χ0v) is 16.4. The van der Waals surface area contributed by atoms with Crippen molar-refractivity contribution in [2.45, 2.75) is 18.6 Å². The first kappa shape index (κ1) is 22.6. The fraction of sp³-hybridized carbons (Fsp3) is 0.474. The zero-order valence-electron chi connectivity index (χ0n) is 14.8. The Morgan fingerprint density at radius 2 is 1.73 bits per heavy atom. The summed E-state index contributed by atoms with van der Waals surface area (Å²) in [6.45, 7) is 5.05. The number of rotatable bonds is 15. The first-order valence-electron chi connectivity index (χ1n) is 8.42. The van der Waals surface area contributed by atoms with E-state index >= 15 is 0 Å². The van der Waals surface area contributed by atoms with E-state index in [1.165, 1.54) is 5.56 Å². The lowest BCUT2D eigenvalue weighted by molar-refractivity contribution is -0.148. The van der Waals surface area contributed by atoms with Crippen LogP contribution < -0.4 is 0 Å². The quantitative estimate of drug-likeness (QED) is 0.434. The number of carbonyl (C=O) groups is 2. The van der Waals surface area contributed by atoms with E-state index in [4.69, 9.17) is 14.9 Å². The highest BCUT2D eigenvalue weighted by atomic mass is 32.2. The number of hydrogen-bond donors (Lipinski definition) is 2. The number of thioether (sulfide) groups is 2. The van der Waals surface area contributed by atoms with Gasteiger partial charge in [-0.25, -0.2) is 0 Å². The minimum Gasteiger partial charge on any atom is -0.481 e. The molecule has 0 heterocycles. The second-order valence-electron chi connectivity index (χ2n) is 5.64. The Hall–Kier alpha value is -1.44. The molecule has 0 fully saturated rings. The summed E-state index contributed by atoms with van der Waals surface area (Å²) in [7, 11) is 0. The summed E-state index contributed by atoms with van der Waals surface area (Å²) in [6, 6.07) is 8.33. The third-order valence-corrected chi connectivity index (χ3v) is 5.58. The molecule has 0 aliphatic heterocycles. The predicted molar refractivity (Wildman–Crippen MR) is 109 cm³/mol. The van der Waals surface area contributed by atoms with Gasteiger partial charge in [-0.2, -0.15) is 23.5 Å². The SMILES string of the molecule is C=Cc1ccc(CSCCOCCSCCC(CC(=O)O)C(=O)O)cc1. The lowest BCUT2D eigenvalue weighted by atomic mass is 10.0. The molecule has 2 N–H and O–H groups in total. The molecule has 0 bridgehead atoms. The molecule has 0 aromatic heterocycles. The molecule has 7 heteroatoms. The van der Waals surface area contributed by atoms with E-state index in [1.807, 2.05) is 17.8 Å². The number of benzene rings is 1. The minimum absolute atomic E-state index is 0.320. The van der Waals surface area contributed by atoms with Crippen molar-refractivity contribution in [3.8, 4) is 0 Å². The van der Waals surface area contributed by atoms with Crippen LogP contribution in [0, 0.1) is 5.92 Å².